The quantitative estimate of drug-likeness (QED) is 0.775. The molecule has 0 aromatic carbocycles. The predicted molar refractivity (Wildman–Crippen MR) is 72.9 cm³/mol. The van der Waals surface area contributed by atoms with Crippen molar-refractivity contribution in [2.24, 2.45) is 11.8 Å². The lowest BCUT2D eigenvalue weighted by molar-refractivity contribution is 0.0529. The van der Waals surface area contributed by atoms with Gasteiger partial charge in [0.2, 0.25) is 0 Å². The maximum Gasteiger partial charge on any atom is 0.344 e. The minimum Gasteiger partial charge on any atom is -0.462 e. The highest BCUT2D eigenvalue weighted by atomic mass is 32.1. The Morgan fingerprint density at radius 3 is 3.00 bits per heavy atom. The molecule has 1 aliphatic carbocycles. The lowest BCUT2D eigenvalue weighted by atomic mass is 10.1. The minimum atomic E-state index is -0.398. The highest BCUT2D eigenvalue weighted by molar-refractivity contribution is 7.11. The van der Waals surface area contributed by atoms with Gasteiger partial charge in [0.1, 0.15) is 10.6 Å². The first kappa shape index (κ1) is 13.1. The number of hydrogen-bond donors (Lipinski definition) is 2. The fourth-order valence-corrected chi connectivity index (χ4v) is 2.62. The van der Waals surface area contributed by atoms with E-state index in [1.54, 1.807) is 6.92 Å². The van der Waals surface area contributed by atoms with Crippen LogP contribution in [0.1, 0.15) is 37.0 Å². The highest BCUT2D eigenvalue weighted by Gasteiger charge is 2.28. The summed E-state index contributed by atoms with van der Waals surface area (Å²) in [7, 11) is 0. The minimum absolute atomic E-state index is 0.250. The molecule has 18 heavy (non-hydrogen) atoms. The molecule has 0 amide bonds. The van der Waals surface area contributed by atoms with Gasteiger partial charge in [-0.05, 0) is 43.1 Å². The van der Waals surface area contributed by atoms with Gasteiger partial charge in [0.05, 0.1) is 6.61 Å². The van der Waals surface area contributed by atoms with Crippen LogP contribution in [0.15, 0.2) is 0 Å². The van der Waals surface area contributed by atoms with E-state index in [0.29, 0.717) is 18.1 Å². The third-order valence-electron chi connectivity index (χ3n) is 3.21. The summed E-state index contributed by atoms with van der Waals surface area (Å²) >= 11 is 1.22. The summed E-state index contributed by atoms with van der Waals surface area (Å²) in [5.41, 5.74) is 6.09. The normalized spacial score (nSPS) is 16.3. The van der Waals surface area contributed by atoms with Crippen molar-refractivity contribution in [2.75, 3.05) is 24.2 Å². The average molecular weight is 269 g/mol. The van der Waals surface area contributed by atoms with E-state index >= 15 is 0 Å². The first-order chi connectivity index (χ1) is 8.63. The Labute approximate surface area is 111 Å². The maximum atomic E-state index is 11.8. The Balaban J connectivity index is 2.00. The molecule has 0 spiro atoms. The van der Waals surface area contributed by atoms with Crippen LogP contribution in [0.3, 0.4) is 0 Å². The Morgan fingerprint density at radius 2 is 2.39 bits per heavy atom. The molecule has 3 N–H and O–H groups in total. The summed E-state index contributed by atoms with van der Waals surface area (Å²) < 4.78 is 9.00. The van der Waals surface area contributed by atoms with Crippen molar-refractivity contribution in [3.63, 3.8) is 0 Å². The summed E-state index contributed by atoms with van der Waals surface area (Å²) in [6, 6.07) is 0. The van der Waals surface area contributed by atoms with E-state index in [1.165, 1.54) is 24.4 Å². The van der Waals surface area contributed by atoms with Crippen molar-refractivity contribution in [2.45, 2.75) is 26.7 Å². The van der Waals surface area contributed by atoms with Crippen molar-refractivity contribution >= 4 is 28.3 Å². The molecule has 1 unspecified atom stereocenters. The van der Waals surface area contributed by atoms with Gasteiger partial charge in [0, 0.05) is 6.54 Å². The number of nitrogens with two attached hydrogens (primary N) is 1. The van der Waals surface area contributed by atoms with Crippen LogP contribution in [0, 0.1) is 11.8 Å². The fraction of sp³-hybridized carbons (Fsp3) is 0.667. The number of anilines is 2. The third kappa shape index (κ3) is 2.93. The van der Waals surface area contributed by atoms with Gasteiger partial charge in [-0.25, -0.2) is 4.79 Å². The van der Waals surface area contributed by atoms with Crippen molar-refractivity contribution in [3.8, 4) is 0 Å². The number of carbonyl (C=O) groups excluding carboxylic acids is 1. The van der Waals surface area contributed by atoms with Crippen LogP contribution in [-0.4, -0.2) is 23.5 Å². The first-order valence-corrected chi connectivity index (χ1v) is 7.07. The van der Waals surface area contributed by atoms with E-state index in [4.69, 9.17) is 10.5 Å². The molecule has 0 saturated heterocycles. The molecule has 0 bridgehead atoms. The molecule has 1 saturated carbocycles. The molecular formula is C12H19N3O2S. The smallest absolute Gasteiger partial charge is 0.344 e. The zero-order chi connectivity index (χ0) is 13.1. The summed E-state index contributed by atoms with van der Waals surface area (Å²) in [6.45, 7) is 5.18. The van der Waals surface area contributed by atoms with Crippen LogP contribution in [-0.2, 0) is 4.74 Å². The summed E-state index contributed by atoms with van der Waals surface area (Å²) in [5.74, 6) is 1.29. The van der Waals surface area contributed by atoms with Crippen LogP contribution in [0.5, 0.6) is 0 Å². The summed E-state index contributed by atoms with van der Waals surface area (Å²) in [6.07, 6.45) is 2.64. The van der Waals surface area contributed by atoms with Crippen LogP contribution < -0.4 is 11.1 Å². The molecule has 1 atom stereocenters. The number of nitrogens with zero attached hydrogens (tertiary/aromatic N) is 1. The summed E-state index contributed by atoms with van der Waals surface area (Å²) in [4.78, 5) is 11.8. The van der Waals surface area contributed by atoms with Crippen LogP contribution >= 0.6 is 11.5 Å². The highest BCUT2D eigenvalue weighted by Crippen LogP contribution is 2.37. The number of esters is 1. The van der Waals surface area contributed by atoms with Crippen molar-refractivity contribution in [3.05, 3.63) is 5.56 Å². The molecule has 6 heteroatoms. The van der Waals surface area contributed by atoms with E-state index < -0.39 is 5.97 Å². The molecular weight excluding hydrogens is 250 g/mol. The van der Waals surface area contributed by atoms with E-state index in [9.17, 15) is 4.79 Å². The molecule has 1 fully saturated rings. The molecule has 1 heterocycles. The van der Waals surface area contributed by atoms with E-state index in [1.807, 2.05) is 0 Å². The Morgan fingerprint density at radius 1 is 1.67 bits per heavy atom. The maximum absolute atomic E-state index is 11.8. The van der Waals surface area contributed by atoms with Crippen molar-refractivity contribution in [1.29, 1.82) is 0 Å². The molecule has 0 aliphatic heterocycles. The van der Waals surface area contributed by atoms with Crippen LogP contribution in [0.4, 0.5) is 10.8 Å². The van der Waals surface area contributed by atoms with E-state index in [2.05, 4.69) is 16.6 Å². The predicted octanol–water partition coefficient (Wildman–Crippen LogP) is 2.36. The van der Waals surface area contributed by atoms with Gasteiger partial charge in [-0.1, -0.05) is 6.92 Å². The van der Waals surface area contributed by atoms with Gasteiger partial charge >= 0.3 is 5.97 Å². The topological polar surface area (TPSA) is 77.2 Å². The number of aromatic nitrogens is 1. The largest absolute Gasteiger partial charge is 0.462 e. The van der Waals surface area contributed by atoms with Crippen LogP contribution in [0.25, 0.3) is 0 Å². The molecule has 1 aliphatic rings. The van der Waals surface area contributed by atoms with Gasteiger partial charge in [0.25, 0.3) is 0 Å². The monoisotopic (exact) mass is 269 g/mol. The zero-order valence-electron chi connectivity index (χ0n) is 10.7. The SMILES string of the molecule is CCOC(=O)c1c(N)nsc1NCC(C)C1CC1. The fourth-order valence-electron chi connectivity index (χ4n) is 1.91. The number of nitrogen functional groups attached to an aromatic ring is 1. The average Bonchev–Trinajstić information content (AvgIpc) is 3.11. The second-order valence-electron chi connectivity index (χ2n) is 4.69. The second kappa shape index (κ2) is 5.56. The molecule has 5 nitrogen and oxygen atoms in total. The number of nitrogens with one attached hydrogen (secondary N) is 1. The lowest BCUT2D eigenvalue weighted by Gasteiger charge is -2.11. The molecule has 100 valence electrons. The van der Waals surface area contributed by atoms with Gasteiger partial charge in [-0.3, -0.25) is 0 Å². The third-order valence-corrected chi connectivity index (χ3v) is 4.03. The van der Waals surface area contributed by atoms with Gasteiger partial charge in [0.15, 0.2) is 5.82 Å². The number of ether oxygens (including phenoxy) is 1. The Kier molecular flexibility index (Phi) is 4.06. The number of hydrogen-bond acceptors (Lipinski definition) is 6. The number of rotatable bonds is 6. The standard InChI is InChI=1S/C12H19N3O2S/c1-3-17-12(16)9-10(13)15-18-11(9)14-6-7(2)8-4-5-8/h7-8,14H,3-6H2,1-2H3,(H2,13,15). The first-order valence-electron chi connectivity index (χ1n) is 6.29. The van der Waals surface area contributed by atoms with Gasteiger partial charge < -0.3 is 15.8 Å². The number of carbonyl (C=O) groups is 1. The van der Waals surface area contributed by atoms with E-state index in [0.717, 1.165) is 17.5 Å². The summed E-state index contributed by atoms with van der Waals surface area (Å²) in [5, 5.41) is 3.99. The molecule has 0 radical (unpaired) electrons. The molecule has 2 rings (SSSR count). The molecule has 1 aromatic heterocycles. The lowest BCUT2D eigenvalue weighted by Crippen LogP contribution is -2.15. The van der Waals surface area contributed by atoms with Crippen molar-refractivity contribution in [1.82, 2.24) is 4.37 Å². The van der Waals surface area contributed by atoms with Gasteiger partial charge in [-0.15, -0.1) is 0 Å². The Hall–Kier alpha value is -1.30. The van der Waals surface area contributed by atoms with Crippen molar-refractivity contribution < 1.29 is 9.53 Å². The second-order valence-corrected chi connectivity index (χ2v) is 5.46. The van der Waals surface area contributed by atoms with Crippen LogP contribution in [0.2, 0.25) is 0 Å². The van der Waals surface area contributed by atoms with Gasteiger partial charge in [-0.2, -0.15) is 4.37 Å². The Bertz CT molecular complexity index is 429. The van der Waals surface area contributed by atoms with E-state index in [-0.39, 0.29) is 5.82 Å². The zero-order valence-corrected chi connectivity index (χ0v) is 11.5. The molecule has 1 aromatic rings.